The van der Waals surface area contributed by atoms with Gasteiger partial charge in [-0.3, -0.25) is 9.59 Å². The van der Waals surface area contributed by atoms with Crippen molar-refractivity contribution in [2.75, 3.05) is 0 Å². The molecule has 0 unspecified atom stereocenters. The molecule has 0 aromatic rings. The number of carbonyl (C=O) groups excluding carboxylic acids is 2. The average Bonchev–Trinajstić information content (AvgIpc) is 2.19. The van der Waals surface area contributed by atoms with Crippen molar-refractivity contribution in [3.8, 4) is 0 Å². The Morgan fingerprint density at radius 1 is 1.29 bits per heavy atom. The van der Waals surface area contributed by atoms with Crippen molar-refractivity contribution < 1.29 is 14.3 Å². The SMILES string of the molecule is O=C1C=C[C@H]2OC(=O)[C@@H]3C=CC[C@@H]2[C@H]13. The molecule has 3 rings (SSSR count). The molecule has 1 saturated heterocycles. The summed E-state index contributed by atoms with van der Waals surface area (Å²) in [6, 6.07) is 0. The highest BCUT2D eigenvalue weighted by Crippen LogP contribution is 2.42. The Morgan fingerprint density at radius 3 is 3.00 bits per heavy atom. The Hall–Kier alpha value is -1.38. The van der Waals surface area contributed by atoms with E-state index in [0.29, 0.717) is 0 Å². The van der Waals surface area contributed by atoms with Crippen molar-refractivity contribution in [1.82, 2.24) is 0 Å². The Labute approximate surface area is 81.4 Å². The van der Waals surface area contributed by atoms with Gasteiger partial charge in [-0.05, 0) is 18.6 Å². The number of ketones is 1. The zero-order chi connectivity index (χ0) is 9.71. The lowest BCUT2D eigenvalue weighted by atomic mass is 9.67. The highest BCUT2D eigenvalue weighted by molar-refractivity contribution is 5.98. The highest BCUT2D eigenvalue weighted by Gasteiger charge is 2.49. The standard InChI is InChI=1S/C11H10O3/c12-8-4-5-9-6-2-1-3-7(10(6)8)11(13)14-9/h1,3-7,9-10H,2H2/t6-,7+,9+,10-/m0/s1. The lowest BCUT2D eigenvalue weighted by Crippen LogP contribution is -2.50. The molecule has 4 atom stereocenters. The average molecular weight is 190 g/mol. The Balaban J connectivity index is 2.12. The van der Waals surface area contributed by atoms with E-state index in [1.807, 2.05) is 12.2 Å². The maximum atomic E-state index is 11.6. The molecule has 72 valence electrons. The van der Waals surface area contributed by atoms with Crippen molar-refractivity contribution in [2.24, 2.45) is 17.8 Å². The molecule has 0 aromatic heterocycles. The predicted molar refractivity (Wildman–Crippen MR) is 48.3 cm³/mol. The fourth-order valence-electron chi connectivity index (χ4n) is 2.65. The molecule has 0 saturated carbocycles. The molecular formula is C11H10O3. The van der Waals surface area contributed by atoms with Gasteiger partial charge in [0.05, 0.1) is 5.92 Å². The first-order valence-electron chi connectivity index (χ1n) is 4.86. The lowest BCUT2D eigenvalue weighted by molar-refractivity contribution is -0.169. The third-order valence-electron chi connectivity index (χ3n) is 3.32. The first-order valence-corrected chi connectivity index (χ1v) is 4.86. The summed E-state index contributed by atoms with van der Waals surface area (Å²) in [4.78, 5) is 23.1. The summed E-state index contributed by atoms with van der Waals surface area (Å²) in [6.45, 7) is 0. The van der Waals surface area contributed by atoms with E-state index in [2.05, 4.69) is 0 Å². The largest absolute Gasteiger partial charge is 0.457 e. The topological polar surface area (TPSA) is 43.4 Å². The van der Waals surface area contributed by atoms with Crippen LogP contribution in [-0.2, 0) is 14.3 Å². The molecule has 1 fully saturated rings. The maximum Gasteiger partial charge on any atom is 0.314 e. The van der Waals surface area contributed by atoms with Gasteiger partial charge < -0.3 is 4.74 Å². The number of hydrogen-bond acceptors (Lipinski definition) is 3. The van der Waals surface area contributed by atoms with Crippen molar-refractivity contribution >= 4 is 11.8 Å². The van der Waals surface area contributed by atoms with Crippen LogP contribution in [0.15, 0.2) is 24.3 Å². The first-order chi connectivity index (χ1) is 6.77. The van der Waals surface area contributed by atoms with Gasteiger partial charge in [-0.2, -0.15) is 0 Å². The fraction of sp³-hybridized carbons (Fsp3) is 0.455. The van der Waals surface area contributed by atoms with Crippen molar-refractivity contribution in [1.29, 1.82) is 0 Å². The summed E-state index contributed by atoms with van der Waals surface area (Å²) >= 11 is 0. The monoisotopic (exact) mass is 190 g/mol. The normalized spacial score (nSPS) is 43.7. The molecule has 0 N–H and O–H groups in total. The number of esters is 1. The molecular weight excluding hydrogens is 180 g/mol. The molecule has 1 aliphatic heterocycles. The smallest absolute Gasteiger partial charge is 0.314 e. The van der Waals surface area contributed by atoms with E-state index in [-0.39, 0.29) is 35.6 Å². The van der Waals surface area contributed by atoms with Crippen molar-refractivity contribution in [3.05, 3.63) is 24.3 Å². The number of allylic oxidation sites excluding steroid dienone is 2. The molecule has 14 heavy (non-hydrogen) atoms. The third kappa shape index (κ3) is 0.870. The van der Waals surface area contributed by atoms with E-state index in [1.54, 1.807) is 12.2 Å². The summed E-state index contributed by atoms with van der Waals surface area (Å²) in [6.07, 6.45) is 7.75. The highest BCUT2D eigenvalue weighted by atomic mass is 16.5. The third-order valence-corrected chi connectivity index (χ3v) is 3.32. The Kier molecular flexibility index (Phi) is 1.46. The molecule has 4 bridgehead atoms. The van der Waals surface area contributed by atoms with Gasteiger partial charge in [0.15, 0.2) is 5.78 Å². The summed E-state index contributed by atoms with van der Waals surface area (Å²) in [5.74, 6) is -0.471. The van der Waals surface area contributed by atoms with E-state index in [1.165, 1.54) is 0 Å². The van der Waals surface area contributed by atoms with Crippen LogP contribution in [-0.4, -0.2) is 17.9 Å². The molecule has 1 heterocycles. The maximum absolute atomic E-state index is 11.6. The number of hydrogen-bond donors (Lipinski definition) is 0. The molecule has 3 aliphatic rings. The van der Waals surface area contributed by atoms with E-state index >= 15 is 0 Å². The molecule has 0 amide bonds. The van der Waals surface area contributed by atoms with E-state index < -0.39 is 0 Å². The van der Waals surface area contributed by atoms with Crippen LogP contribution in [0.5, 0.6) is 0 Å². The van der Waals surface area contributed by atoms with E-state index in [0.717, 1.165) is 6.42 Å². The van der Waals surface area contributed by atoms with Gasteiger partial charge in [-0.15, -0.1) is 0 Å². The van der Waals surface area contributed by atoms with E-state index in [9.17, 15) is 9.59 Å². The number of carbonyl (C=O) groups is 2. The summed E-state index contributed by atoms with van der Waals surface area (Å²) in [7, 11) is 0. The van der Waals surface area contributed by atoms with Crippen LogP contribution < -0.4 is 0 Å². The minimum absolute atomic E-state index is 0.0808. The second-order valence-corrected chi connectivity index (χ2v) is 4.04. The molecule has 0 radical (unpaired) electrons. The lowest BCUT2D eigenvalue weighted by Gasteiger charge is -2.42. The number of ether oxygens (including phenoxy) is 1. The van der Waals surface area contributed by atoms with Crippen LogP contribution in [0.2, 0.25) is 0 Å². The molecule has 3 heteroatoms. The second kappa shape index (κ2) is 2.56. The quantitative estimate of drug-likeness (QED) is 0.420. The van der Waals surface area contributed by atoms with Crippen LogP contribution in [0, 0.1) is 17.8 Å². The van der Waals surface area contributed by atoms with Crippen LogP contribution in [0.4, 0.5) is 0 Å². The Bertz CT molecular complexity index is 367. The second-order valence-electron chi connectivity index (χ2n) is 4.04. The molecule has 2 aliphatic carbocycles. The van der Waals surface area contributed by atoms with Crippen molar-refractivity contribution in [3.63, 3.8) is 0 Å². The minimum Gasteiger partial charge on any atom is -0.457 e. The molecule has 3 nitrogen and oxygen atoms in total. The van der Waals surface area contributed by atoms with Crippen LogP contribution >= 0.6 is 0 Å². The minimum atomic E-state index is -0.331. The molecule has 0 spiro atoms. The summed E-state index contributed by atoms with van der Waals surface area (Å²) < 4.78 is 5.24. The van der Waals surface area contributed by atoms with Gasteiger partial charge in [-0.1, -0.05) is 12.2 Å². The fourth-order valence-corrected chi connectivity index (χ4v) is 2.65. The van der Waals surface area contributed by atoms with Gasteiger partial charge in [0, 0.05) is 11.8 Å². The Morgan fingerprint density at radius 2 is 2.14 bits per heavy atom. The van der Waals surface area contributed by atoms with Gasteiger partial charge in [0.2, 0.25) is 0 Å². The van der Waals surface area contributed by atoms with Gasteiger partial charge in [-0.25, -0.2) is 0 Å². The van der Waals surface area contributed by atoms with Gasteiger partial charge in [0.1, 0.15) is 6.10 Å². The zero-order valence-electron chi connectivity index (χ0n) is 7.55. The van der Waals surface area contributed by atoms with Gasteiger partial charge >= 0.3 is 5.97 Å². The van der Waals surface area contributed by atoms with Gasteiger partial charge in [0.25, 0.3) is 0 Å². The van der Waals surface area contributed by atoms with Crippen LogP contribution in [0.25, 0.3) is 0 Å². The zero-order valence-corrected chi connectivity index (χ0v) is 7.55. The molecule has 0 aromatic carbocycles. The predicted octanol–water partition coefficient (Wildman–Crippen LogP) is 0.859. The first kappa shape index (κ1) is 7.97. The summed E-state index contributed by atoms with van der Waals surface area (Å²) in [5.41, 5.74) is 0. The van der Waals surface area contributed by atoms with Crippen LogP contribution in [0.1, 0.15) is 6.42 Å². The van der Waals surface area contributed by atoms with Crippen LogP contribution in [0.3, 0.4) is 0 Å². The number of rotatable bonds is 0. The summed E-state index contributed by atoms with van der Waals surface area (Å²) in [5, 5.41) is 0. The van der Waals surface area contributed by atoms with Crippen molar-refractivity contribution in [2.45, 2.75) is 12.5 Å². The van der Waals surface area contributed by atoms with E-state index in [4.69, 9.17) is 4.74 Å².